The molecular weight excluding hydrogens is 304 g/mol. The number of para-hydroxylation sites is 2. The molecule has 1 aromatic rings. The van der Waals surface area contributed by atoms with Gasteiger partial charge in [-0.3, -0.25) is 4.79 Å². The first-order valence-electron chi connectivity index (χ1n) is 8.86. The molecule has 3 aliphatic rings. The first-order valence-corrected chi connectivity index (χ1v) is 8.86. The summed E-state index contributed by atoms with van der Waals surface area (Å²) in [5.74, 6) is 1.45. The third kappa shape index (κ3) is 2.25. The lowest BCUT2D eigenvalue weighted by atomic mass is 9.57. The third-order valence-electron chi connectivity index (χ3n) is 6.06. The van der Waals surface area contributed by atoms with E-state index in [9.17, 15) is 4.79 Å². The van der Waals surface area contributed by atoms with Crippen LogP contribution in [0.1, 0.15) is 26.7 Å². The van der Waals surface area contributed by atoms with Crippen molar-refractivity contribution in [2.75, 3.05) is 25.2 Å². The topological polar surface area (TPSA) is 50.8 Å². The van der Waals surface area contributed by atoms with Crippen LogP contribution in [0.3, 0.4) is 0 Å². The highest BCUT2D eigenvalue weighted by Crippen LogP contribution is 2.52. The zero-order chi connectivity index (χ0) is 16.9. The quantitative estimate of drug-likeness (QED) is 0.919. The fraction of sp³-hybridized carbons (Fsp3) is 0.632. The number of amides is 1. The van der Waals surface area contributed by atoms with Gasteiger partial charge in [-0.25, -0.2) is 0 Å². The van der Waals surface area contributed by atoms with Crippen molar-refractivity contribution < 1.29 is 14.3 Å². The number of ether oxygens (including phenoxy) is 2. The summed E-state index contributed by atoms with van der Waals surface area (Å²) >= 11 is 0. The lowest BCUT2D eigenvalue weighted by molar-refractivity contribution is -0.127. The van der Waals surface area contributed by atoms with Gasteiger partial charge in [0.05, 0.1) is 24.9 Å². The molecule has 4 rings (SSSR count). The summed E-state index contributed by atoms with van der Waals surface area (Å²) < 4.78 is 11.3. The molecule has 1 saturated carbocycles. The van der Waals surface area contributed by atoms with Crippen LogP contribution in [-0.2, 0) is 9.53 Å². The number of rotatable bonds is 4. The summed E-state index contributed by atoms with van der Waals surface area (Å²) in [7, 11) is 1.65. The number of nitrogens with one attached hydrogen (secondary N) is 1. The largest absolute Gasteiger partial charge is 0.495 e. The van der Waals surface area contributed by atoms with Crippen molar-refractivity contribution in [3.63, 3.8) is 0 Å². The van der Waals surface area contributed by atoms with Gasteiger partial charge in [-0.05, 0) is 25.0 Å². The molecule has 0 unspecified atom stereocenters. The van der Waals surface area contributed by atoms with E-state index < -0.39 is 0 Å². The van der Waals surface area contributed by atoms with Crippen molar-refractivity contribution >= 4 is 11.6 Å². The monoisotopic (exact) mass is 330 g/mol. The van der Waals surface area contributed by atoms with Crippen LogP contribution in [0.5, 0.6) is 5.75 Å². The minimum atomic E-state index is -0.110. The highest BCUT2D eigenvalue weighted by atomic mass is 16.5. The molecule has 130 valence electrons. The molecule has 5 nitrogen and oxygen atoms in total. The van der Waals surface area contributed by atoms with E-state index in [4.69, 9.17) is 9.47 Å². The Morgan fingerprint density at radius 3 is 2.88 bits per heavy atom. The molecule has 2 saturated heterocycles. The predicted octanol–water partition coefficient (Wildman–Crippen LogP) is 2.20. The molecule has 0 bridgehead atoms. The molecule has 1 N–H and O–H groups in total. The molecule has 2 aliphatic heterocycles. The van der Waals surface area contributed by atoms with Crippen LogP contribution < -0.4 is 15.0 Å². The van der Waals surface area contributed by atoms with Crippen molar-refractivity contribution in [3.8, 4) is 5.75 Å². The van der Waals surface area contributed by atoms with E-state index in [-0.39, 0.29) is 17.4 Å². The van der Waals surface area contributed by atoms with E-state index in [1.54, 1.807) is 7.11 Å². The van der Waals surface area contributed by atoms with Gasteiger partial charge in [0.1, 0.15) is 5.75 Å². The number of hydrogen-bond acceptors (Lipinski definition) is 4. The van der Waals surface area contributed by atoms with Gasteiger partial charge in [0.25, 0.3) is 0 Å². The Kier molecular flexibility index (Phi) is 3.81. The Hall–Kier alpha value is -1.59. The second-order valence-electron chi connectivity index (χ2n) is 7.71. The van der Waals surface area contributed by atoms with Crippen LogP contribution in [0.15, 0.2) is 24.3 Å². The molecule has 5 heteroatoms. The summed E-state index contributed by atoms with van der Waals surface area (Å²) in [4.78, 5) is 14.8. The summed E-state index contributed by atoms with van der Waals surface area (Å²) in [6.45, 7) is 6.07. The molecule has 2 heterocycles. The van der Waals surface area contributed by atoms with Crippen LogP contribution >= 0.6 is 0 Å². The SMILES string of the molecule is COc1ccccc1N1CC[C@H](N[C@@H]2[C@@H]3CCO[C@@H]3C2(C)C)C1=O. The highest BCUT2D eigenvalue weighted by Gasteiger charge is 2.60. The highest BCUT2D eigenvalue weighted by molar-refractivity contribution is 6.00. The molecule has 0 radical (unpaired) electrons. The average molecular weight is 330 g/mol. The number of benzene rings is 1. The van der Waals surface area contributed by atoms with Crippen molar-refractivity contribution in [1.29, 1.82) is 0 Å². The standard InChI is InChI=1S/C19H26N2O3/c1-19(2)16(12-9-11-24-17(12)19)20-13-8-10-21(18(13)22)14-6-4-5-7-15(14)23-3/h4-7,12-13,16-17,20H,8-11H2,1-3H3/t12-,13-,16+,17-/m0/s1. The number of methoxy groups -OCH3 is 1. The fourth-order valence-corrected chi connectivity index (χ4v) is 4.81. The maximum absolute atomic E-state index is 12.9. The van der Waals surface area contributed by atoms with E-state index >= 15 is 0 Å². The van der Waals surface area contributed by atoms with Crippen LogP contribution in [-0.4, -0.2) is 44.4 Å². The second kappa shape index (κ2) is 5.74. The number of nitrogens with zero attached hydrogens (tertiary/aromatic N) is 1. The molecule has 1 amide bonds. The van der Waals surface area contributed by atoms with Gasteiger partial charge >= 0.3 is 0 Å². The zero-order valence-corrected chi connectivity index (χ0v) is 14.6. The Bertz CT molecular complexity index is 645. The normalized spacial score (nSPS) is 34.1. The Balaban J connectivity index is 1.48. The third-order valence-corrected chi connectivity index (χ3v) is 6.06. The molecule has 0 aromatic heterocycles. The number of hydrogen-bond donors (Lipinski definition) is 1. The maximum atomic E-state index is 12.9. The van der Waals surface area contributed by atoms with Crippen molar-refractivity contribution in [3.05, 3.63) is 24.3 Å². The van der Waals surface area contributed by atoms with Crippen LogP contribution in [0, 0.1) is 11.3 Å². The number of fused-ring (bicyclic) bond motifs is 1. The summed E-state index contributed by atoms with van der Waals surface area (Å²) in [5.41, 5.74) is 0.962. The fourth-order valence-electron chi connectivity index (χ4n) is 4.81. The maximum Gasteiger partial charge on any atom is 0.244 e. The number of carbonyl (C=O) groups excluding carboxylic acids is 1. The van der Waals surface area contributed by atoms with Crippen LogP contribution in [0.4, 0.5) is 5.69 Å². The van der Waals surface area contributed by atoms with Gasteiger partial charge < -0.3 is 19.7 Å². The first-order chi connectivity index (χ1) is 11.5. The molecule has 0 spiro atoms. The van der Waals surface area contributed by atoms with Gasteiger partial charge in [-0.1, -0.05) is 26.0 Å². The van der Waals surface area contributed by atoms with Crippen LogP contribution in [0.2, 0.25) is 0 Å². The molecule has 4 atom stereocenters. The van der Waals surface area contributed by atoms with Gasteiger partial charge in [0, 0.05) is 30.5 Å². The first kappa shape index (κ1) is 15.9. The van der Waals surface area contributed by atoms with Crippen molar-refractivity contribution in [2.24, 2.45) is 11.3 Å². The zero-order valence-electron chi connectivity index (χ0n) is 14.6. The van der Waals surface area contributed by atoms with Gasteiger partial charge in [0.2, 0.25) is 5.91 Å². The molecule has 1 aromatic carbocycles. The van der Waals surface area contributed by atoms with Gasteiger partial charge in [0.15, 0.2) is 0 Å². The molecular formula is C19H26N2O3. The minimum absolute atomic E-state index is 0.0965. The molecule has 1 aliphatic carbocycles. The Labute approximate surface area is 143 Å². The lowest BCUT2D eigenvalue weighted by Gasteiger charge is -2.55. The number of carbonyl (C=O) groups is 1. The van der Waals surface area contributed by atoms with Gasteiger partial charge in [-0.2, -0.15) is 0 Å². The summed E-state index contributed by atoms with van der Waals surface area (Å²) in [6.07, 6.45) is 2.28. The van der Waals surface area contributed by atoms with E-state index in [0.29, 0.717) is 18.1 Å². The Morgan fingerprint density at radius 1 is 1.29 bits per heavy atom. The predicted molar refractivity (Wildman–Crippen MR) is 92.3 cm³/mol. The molecule has 3 fully saturated rings. The van der Waals surface area contributed by atoms with Crippen molar-refractivity contribution in [1.82, 2.24) is 5.32 Å². The Morgan fingerprint density at radius 2 is 2.08 bits per heavy atom. The van der Waals surface area contributed by atoms with E-state index in [1.165, 1.54) is 0 Å². The van der Waals surface area contributed by atoms with Crippen molar-refractivity contribution in [2.45, 2.75) is 44.9 Å². The second-order valence-corrected chi connectivity index (χ2v) is 7.71. The van der Waals surface area contributed by atoms with Gasteiger partial charge in [-0.15, -0.1) is 0 Å². The molecule has 24 heavy (non-hydrogen) atoms. The van der Waals surface area contributed by atoms with E-state index in [1.807, 2.05) is 29.2 Å². The minimum Gasteiger partial charge on any atom is -0.495 e. The van der Waals surface area contributed by atoms with E-state index in [2.05, 4.69) is 19.2 Å². The van der Waals surface area contributed by atoms with Crippen LogP contribution in [0.25, 0.3) is 0 Å². The summed E-state index contributed by atoms with van der Waals surface area (Å²) in [5, 5.41) is 3.65. The smallest absolute Gasteiger partial charge is 0.244 e. The average Bonchev–Trinajstić information content (AvgIpc) is 3.18. The lowest BCUT2D eigenvalue weighted by Crippen LogP contribution is -2.68. The van der Waals surface area contributed by atoms with E-state index in [0.717, 1.165) is 37.4 Å². The number of anilines is 1. The summed E-state index contributed by atoms with van der Waals surface area (Å²) in [6, 6.07) is 7.97.